The molecule has 38 heavy (non-hydrogen) atoms. The number of aromatic hydroxyl groups is 1. The van der Waals surface area contributed by atoms with Gasteiger partial charge in [-0.1, -0.05) is 30.3 Å². The number of fused-ring (bicyclic) bond motifs is 3. The monoisotopic (exact) mass is 555 g/mol. The smallest absolute Gasteiger partial charge is 0.416 e. The van der Waals surface area contributed by atoms with Gasteiger partial charge in [-0.2, -0.15) is 26.3 Å². The summed E-state index contributed by atoms with van der Waals surface area (Å²) in [6.45, 7) is -0.0417. The molecule has 0 saturated carbocycles. The normalized spacial score (nSPS) is 18.4. The van der Waals surface area contributed by atoms with Crippen LogP contribution in [0.5, 0.6) is 5.75 Å². The van der Waals surface area contributed by atoms with E-state index < -0.39 is 59.4 Å². The van der Waals surface area contributed by atoms with Crippen molar-refractivity contribution in [2.45, 2.75) is 42.0 Å². The summed E-state index contributed by atoms with van der Waals surface area (Å²) < 4.78 is 85.4. The summed E-state index contributed by atoms with van der Waals surface area (Å²) in [5.41, 5.74) is -2.26. The van der Waals surface area contributed by atoms with E-state index in [4.69, 9.17) is 0 Å². The van der Waals surface area contributed by atoms with Gasteiger partial charge in [0.15, 0.2) is 11.4 Å². The van der Waals surface area contributed by atoms with Gasteiger partial charge in [-0.05, 0) is 35.7 Å². The molecule has 0 spiro atoms. The van der Waals surface area contributed by atoms with Gasteiger partial charge in [-0.25, -0.2) is 0 Å². The summed E-state index contributed by atoms with van der Waals surface area (Å²) in [6.07, 6.45) is -8.62. The van der Waals surface area contributed by atoms with Crippen LogP contribution >= 0.6 is 11.8 Å². The first kappa shape index (κ1) is 26.0. The molecule has 0 saturated heterocycles. The van der Waals surface area contributed by atoms with Gasteiger partial charge in [0.1, 0.15) is 12.7 Å². The van der Waals surface area contributed by atoms with Crippen LogP contribution in [0.15, 0.2) is 64.4 Å². The first-order valence-electron chi connectivity index (χ1n) is 11.3. The van der Waals surface area contributed by atoms with Crippen molar-refractivity contribution >= 4 is 17.7 Å². The van der Waals surface area contributed by atoms with Crippen LogP contribution in [-0.4, -0.2) is 39.5 Å². The predicted molar refractivity (Wildman–Crippen MR) is 126 cm³/mol. The van der Waals surface area contributed by atoms with E-state index in [-0.39, 0.29) is 11.3 Å². The second-order valence-electron chi connectivity index (χ2n) is 8.90. The molecule has 200 valence electrons. The number of alkyl halides is 6. The number of aromatic nitrogens is 1. The summed E-state index contributed by atoms with van der Waals surface area (Å²) in [5.74, 6) is -2.21. The van der Waals surface area contributed by atoms with E-state index in [0.29, 0.717) is 20.9 Å². The molecule has 2 aliphatic rings. The Morgan fingerprint density at radius 3 is 2.39 bits per heavy atom. The number of halogens is 6. The molecule has 1 aromatic heterocycles. The average Bonchev–Trinajstić information content (AvgIpc) is 3.02. The summed E-state index contributed by atoms with van der Waals surface area (Å²) in [4.78, 5) is 26.4. The zero-order chi connectivity index (χ0) is 27.6. The quantitative estimate of drug-likeness (QED) is 0.437. The molecule has 3 aromatic rings. The van der Waals surface area contributed by atoms with E-state index >= 15 is 0 Å². The lowest BCUT2D eigenvalue weighted by molar-refractivity contribution is -0.173. The molecule has 2 aromatic carbocycles. The number of hydrogen-bond acceptors (Lipinski definition) is 5. The molecular weight excluding hydrogens is 536 g/mol. The Kier molecular flexibility index (Phi) is 6.16. The first-order chi connectivity index (χ1) is 17.8. The maximum Gasteiger partial charge on any atom is 0.416 e. The highest BCUT2D eigenvalue weighted by molar-refractivity contribution is 7.98. The zero-order valence-electron chi connectivity index (χ0n) is 19.5. The Balaban J connectivity index is 1.84. The second-order valence-corrected chi connectivity index (χ2v) is 9.92. The lowest BCUT2D eigenvalue weighted by Crippen LogP contribution is -2.60. The third-order valence-electron chi connectivity index (χ3n) is 6.70. The van der Waals surface area contributed by atoms with Crippen LogP contribution < -0.4 is 10.4 Å². The molecule has 5 rings (SSSR count). The number of amides is 1. The molecule has 3 heterocycles. The van der Waals surface area contributed by atoms with Gasteiger partial charge in [-0.15, -0.1) is 11.8 Å². The van der Waals surface area contributed by atoms with Gasteiger partial charge >= 0.3 is 12.4 Å². The SMILES string of the molecule is C[C@@H](N1CN([C@H]2c3ccccc3SCc3cccc(C(F)(F)F)c32)n2ccc(=O)c(O)c2C1=O)C(F)(F)F. The molecule has 13 heteroatoms. The minimum atomic E-state index is -4.89. The first-order valence-corrected chi connectivity index (χ1v) is 12.3. The summed E-state index contributed by atoms with van der Waals surface area (Å²) in [5, 5.41) is 11.6. The lowest BCUT2D eigenvalue weighted by atomic mass is 9.89. The van der Waals surface area contributed by atoms with Crippen molar-refractivity contribution in [3.63, 3.8) is 0 Å². The Morgan fingerprint density at radius 2 is 1.71 bits per heavy atom. The Labute approximate surface area is 216 Å². The number of pyridine rings is 1. The minimum Gasteiger partial charge on any atom is -0.502 e. The standard InChI is InChI=1S/C25H19F6N3O3S/c1-13(24(26,27)28)32-12-34(33-10-9-17(35)22(36)21(33)23(32)37)20-15-6-2-3-8-18(15)38-11-14-5-4-7-16(19(14)20)25(29,30)31/h2-10,13,20,36H,11-12H2,1H3/t13-,20+/m1/s1. The van der Waals surface area contributed by atoms with Crippen molar-refractivity contribution in [3.05, 3.63) is 92.9 Å². The third-order valence-corrected chi connectivity index (χ3v) is 7.84. The number of thioether (sulfide) groups is 1. The number of rotatable bonds is 2. The van der Waals surface area contributed by atoms with Crippen LogP contribution in [-0.2, 0) is 11.9 Å². The number of benzene rings is 2. The molecule has 2 aliphatic heterocycles. The van der Waals surface area contributed by atoms with Crippen molar-refractivity contribution in [3.8, 4) is 5.75 Å². The van der Waals surface area contributed by atoms with E-state index in [2.05, 4.69) is 0 Å². The van der Waals surface area contributed by atoms with Crippen molar-refractivity contribution in [1.82, 2.24) is 9.58 Å². The van der Waals surface area contributed by atoms with Crippen molar-refractivity contribution in [2.75, 3.05) is 11.7 Å². The molecule has 2 atom stereocenters. The van der Waals surface area contributed by atoms with Crippen LogP contribution in [0.4, 0.5) is 26.3 Å². The highest BCUT2D eigenvalue weighted by Crippen LogP contribution is 2.47. The Bertz CT molecular complexity index is 1490. The van der Waals surface area contributed by atoms with Crippen LogP contribution in [0, 0.1) is 0 Å². The predicted octanol–water partition coefficient (Wildman–Crippen LogP) is 5.27. The Morgan fingerprint density at radius 1 is 1.00 bits per heavy atom. The second kappa shape index (κ2) is 9.00. The van der Waals surface area contributed by atoms with E-state index in [0.717, 1.165) is 34.9 Å². The average molecular weight is 556 g/mol. The molecule has 0 unspecified atom stereocenters. The highest BCUT2D eigenvalue weighted by atomic mass is 32.2. The van der Waals surface area contributed by atoms with Gasteiger partial charge in [-0.3, -0.25) is 19.3 Å². The maximum atomic E-state index is 14.3. The minimum absolute atomic E-state index is 0.157. The molecule has 0 fully saturated rings. The molecule has 0 bridgehead atoms. The largest absolute Gasteiger partial charge is 0.502 e. The van der Waals surface area contributed by atoms with E-state index in [1.54, 1.807) is 24.3 Å². The van der Waals surface area contributed by atoms with Gasteiger partial charge in [0.2, 0.25) is 5.43 Å². The lowest BCUT2D eigenvalue weighted by Gasteiger charge is -2.46. The maximum absolute atomic E-state index is 14.3. The van der Waals surface area contributed by atoms with Gasteiger partial charge in [0.25, 0.3) is 5.91 Å². The van der Waals surface area contributed by atoms with Gasteiger partial charge < -0.3 is 10.0 Å². The van der Waals surface area contributed by atoms with Crippen LogP contribution in [0.2, 0.25) is 0 Å². The zero-order valence-corrected chi connectivity index (χ0v) is 20.4. The third kappa shape index (κ3) is 4.18. The van der Waals surface area contributed by atoms with E-state index in [1.807, 2.05) is 0 Å². The summed E-state index contributed by atoms with van der Waals surface area (Å²) in [6, 6.07) is 7.46. The number of hydrogen-bond donors (Lipinski definition) is 1. The van der Waals surface area contributed by atoms with Crippen LogP contribution in [0.3, 0.4) is 0 Å². The summed E-state index contributed by atoms with van der Waals surface area (Å²) in [7, 11) is 0. The number of carbonyl (C=O) groups is 1. The van der Waals surface area contributed by atoms with E-state index in [1.165, 1.54) is 23.9 Å². The molecule has 1 N–H and O–H groups in total. The fraction of sp³-hybridized carbons (Fsp3) is 0.280. The fourth-order valence-corrected chi connectivity index (χ4v) is 5.89. The van der Waals surface area contributed by atoms with Gasteiger partial charge in [0, 0.05) is 22.9 Å². The van der Waals surface area contributed by atoms with Gasteiger partial charge in [0.05, 0.1) is 11.6 Å². The van der Waals surface area contributed by atoms with E-state index in [9.17, 15) is 41.0 Å². The van der Waals surface area contributed by atoms with Crippen LogP contribution in [0.1, 0.15) is 45.7 Å². The number of carbonyl (C=O) groups excluding carboxylic acids is 1. The highest BCUT2D eigenvalue weighted by Gasteiger charge is 2.48. The molecule has 1 amide bonds. The fourth-order valence-electron chi connectivity index (χ4n) is 4.80. The molecule has 0 radical (unpaired) electrons. The van der Waals surface area contributed by atoms with Crippen molar-refractivity contribution < 1.29 is 36.2 Å². The number of nitrogens with zero attached hydrogens (tertiary/aromatic N) is 3. The topological polar surface area (TPSA) is 65.8 Å². The van der Waals surface area contributed by atoms with Crippen molar-refractivity contribution in [1.29, 1.82) is 0 Å². The Hall–Kier alpha value is -3.61. The molecule has 0 aliphatic carbocycles. The van der Waals surface area contributed by atoms with Crippen molar-refractivity contribution in [2.24, 2.45) is 0 Å². The molecular formula is C25H19F6N3O3S. The molecule has 6 nitrogen and oxygen atoms in total. The van der Waals surface area contributed by atoms with Crippen LogP contribution in [0.25, 0.3) is 0 Å². The summed E-state index contributed by atoms with van der Waals surface area (Å²) >= 11 is 1.27.